The summed E-state index contributed by atoms with van der Waals surface area (Å²) in [4.78, 5) is 23.5. The number of aryl methyl sites for hydroxylation is 2. The van der Waals surface area contributed by atoms with Crippen molar-refractivity contribution in [3.63, 3.8) is 0 Å². The van der Waals surface area contributed by atoms with E-state index in [1.165, 1.54) is 0 Å². The zero-order chi connectivity index (χ0) is 18.5. The highest BCUT2D eigenvalue weighted by molar-refractivity contribution is 5.76. The topological polar surface area (TPSA) is 84.2 Å². The maximum absolute atomic E-state index is 12.7. The molecule has 1 aliphatic heterocycles. The van der Waals surface area contributed by atoms with Gasteiger partial charge in [-0.2, -0.15) is 0 Å². The Morgan fingerprint density at radius 1 is 1.35 bits per heavy atom. The Labute approximate surface area is 154 Å². The summed E-state index contributed by atoms with van der Waals surface area (Å²) in [6.07, 6.45) is 7.62. The first kappa shape index (κ1) is 18.4. The summed E-state index contributed by atoms with van der Waals surface area (Å²) >= 11 is 0. The zero-order valence-corrected chi connectivity index (χ0v) is 15.8. The van der Waals surface area contributed by atoms with Crippen LogP contribution in [0.3, 0.4) is 0 Å². The van der Waals surface area contributed by atoms with E-state index in [-0.39, 0.29) is 5.91 Å². The lowest BCUT2D eigenvalue weighted by molar-refractivity contribution is -0.133. The fourth-order valence-electron chi connectivity index (χ4n) is 3.71. The van der Waals surface area contributed by atoms with Gasteiger partial charge in [-0.05, 0) is 45.4 Å². The molecule has 3 heterocycles. The number of nitrogens with one attached hydrogen (secondary N) is 1. The molecule has 0 unspecified atom stereocenters. The minimum Gasteiger partial charge on any atom is -0.372 e. The number of amides is 1. The van der Waals surface area contributed by atoms with Gasteiger partial charge in [0.25, 0.3) is 0 Å². The standard InChI is InChI=1S/C19H27N5O2/c1-13-16(14(2)26-23-13)6-7-18(25)24-10-4-5-15(12-24)11-17-19(20-3)22-9-8-21-17/h8-9,15H,4-7,10-12H2,1-3H3,(H,20,22)/t15-/m1/s1. The van der Waals surface area contributed by atoms with Crippen LogP contribution in [0.25, 0.3) is 0 Å². The van der Waals surface area contributed by atoms with E-state index in [1.807, 2.05) is 25.8 Å². The SMILES string of the molecule is CNc1nccnc1C[C@H]1CCCN(C(=O)CCc2c(C)noc2C)C1. The number of piperidine rings is 1. The van der Waals surface area contributed by atoms with E-state index < -0.39 is 0 Å². The van der Waals surface area contributed by atoms with Gasteiger partial charge in [0.05, 0.1) is 11.4 Å². The van der Waals surface area contributed by atoms with Crippen molar-refractivity contribution in [1.29, 1.82) is 0 Å². The molecule has 1 amide bonds. The van der Waals surface area contributed by atoms with Gasteiger partial charge in [0.2, 0.25) is 5.91 Å². The van der Waals surface area contributed by atoms with E-state index in [0.717, 1.165) is 60.9 Å². The smallest absolute Gasteiger partial charge is 0.222 e. The fourth-order valence-corrected chi connectivity index (χ4v) is 3.71. The molecule has 1 N–H and O–H groups in total. The Kier molecular flexibility index (Phi) is 5.85. The van der Waals surface area contributed by atoms with E-state index >= 15 is 0 Å². The number of nitrogens with zero attached hydrogens (tertiary/aromatic N) is 4. The van der Waals surface area contributed by atoms with Crippen molar-refractivity contribution < 1.29 is 9.32 Å². The van der Waals surface area contributed by atoms with Crippen molar-refractivity contribution >= 4 is 11.7 Å². The molecule has 0 spiro atoms. The largest absolute Gasteiger partial charge is 0.372 e. The average molecular weight is 357 g/mol. The van der Waals surface area contributed by atoms with Crippen LogP contribution >= 0.6 is 0 Å². The quantitative estimate of drug-likeness (QED) is 0.855. The molecule has 2 aromatic rings. The van der Waals surface area contributed by atoms with E-state index in [1.54, 1.807) is 12.4 Å². The van der Waals surface area contributed by atoms with Gasteiger partial charge in [-0.1, -0.05) is 5.16 Å². The number of hydrogen-bond acceptors (Lipinski definition) is 6. The molecule has 0 aliphatic carbocycles. The van der Waals surface area contributed by atoms with Crippen LogP contribution in [0.4, 0.5) is 5.82 Å². The molecule has 1 saturated heterocycles. The third-order valence-corrected chi connectivity index (χ3v) is 5.13. The number of anilines is 1. The molecule has 0 aromatic carbocycles. The van der Waals surface area contributed by atoms with Crippen LogP contribution in [0.2, 0.25) is 0 Å². The van der Waals surface area contributed by atoms with Crippen molar-refractivity contribution in [2.45, 2.75) is 46.0 Å². The number of carbonyl (C=O) groups is 1. The van der Waals surface area contributed by atoms with Gasteiger partial charge < -0.3 is 14.7 Å². The van der Waals surface area contributed by atoms with Crippen LogP contribution in [-0.2, 0) is 17.6 Å². The number of hydrogen-bond donors (Lipinski definition) is 1. The molecule has 0 saturated carbocycles. The first-order valence-electron chi connectivity index (χ1n) is 9.25. The summed E-state index contributed by atoms with van der Waals surface area (Å²) in [6, 6.07) is 0. The van der Waals surface area contributed by atoms with Gasteiger partial charge >= 0.3 is 0 Å². The molecular formula is C19H27N5O2. The van der Waals surface area contributed by atoms with Gasteiger partial charge in [0.15, 0.2) is 0 Å². The molecule has 1 fully saturated rings. The summed E-state index contributed by atoms with van der Waals surface area (Å²) in [5.41, 5.74) is 2.92. The molecule has 7 heteroatoms. The van der Waals surface area contributed by atoms with Gasteiger partial charge in [0, 0.05) is 44.5 Å². The Balaban J connectivity index is 1.56. The van der Waals surface area contributed by atoms with Crippen LogP contribution in [0.1, 0.15) is 42.0 Å². The number of likely N-dealkylation sites (tertiary alicyclic amines) is 1. The van der Waals surface area contributed by atoms with Crippen molar-refractivity contribution in [1.82, 2.24) is 20.0 Å². The predicted molar refractivity (Wildman–Crippen MR) is 98.9 cm³/mol. The first-order valence-corrected chi connectivity index (χ1v) is 9.25. The highest BCUT2D eigenvalue weighted by Crippen LogP contribution is 2.23. The molecule has 2 aromatic heterocycles. The summed E-state index contributed by atoms with van der Waals surface area (Å²) in [5, 5.41) is 7.06. The predicted octanol–water partition coefficient (Wildman–Crippen LogP) is 2.54. The molecule has 140 valence electrons. The fraction of sp³-hybridized carbons (Fsp3) is 0.579. The van der Waals surface area contributed by atoms with Crippen LogP contribution in [0, 0.1) is 19.8 Å². The highest BCUT2D eigenvalue weighted by Gasteiger charge is 2.25. The molecule has 0 bridgehead atoms. The summed E-state index contributed by atoms with van der Waals surface area (Å²) in [7, 11) is 1.86. The van der Waals surface area contributed by atoms with Crippen LogP contribution < -0.4 is 5.32 Å². The zero-order valence-electron chi connectivity index (χ0n) is 15.8. The summed E-state index contributed by atoms with van der Waals surface area (Å²) in [6.45, 7) is 5.46. The Morgan fingerprint density at radius 2 is 2.15 bits per heavy atom. The summed E-state index contributed by atoms with van der Waals surface area (Å²) < 4.78 is 5.18. The third kappa shape index (κ3) is 4.20. The monoisotopic (exact) mass is 357 g/mol. The van der Waals surface area contributed by atoms with E-state index in [4.69, 9.17) is 4.52 Å². The third-order valence-electron chi connectivity index (χ3n) is 5.13. The second-order valence-corrected chi connectivity index (χ2v) is 6.96. The Morgan fingerprint density at radius 3 is 2.88 bits per heavy atom. The normalized spacial score (nSPS) is 17.3. The van der Waals surface area contributed by atoms with E-state index in [0.29, 0.717) is 18.8 Å². The highest BCUT2D eigenvalue weighted by atomic mass is 16.5. The Bertz CT molecular complexity index is 739. The Hall–Kier alpha value is -2.44. The lowest BCUT2D eigenvalue weighted by Gasteiger charge is -2.33. The lowest BCUT2D eigenvalue weighted by Crippen LogP contribution is -2.40. The second-order valence-electron chi connectivity index (χ2n) is 6.96. The number of aromatic nitrogens is 3. The van der Waals surface area contributed by atoms with Crippen molar-refractivity contribution in [2.75, 3.05) is 25.5 Å². The molecule has 26 heavy (non-hydrogen) atoms. The maximum Gasteiger partial charge on any atom is 0.222 e. The molecular weight excluding hydrogens is 330 g/mol. The van der Waals surface area contributed by atoms with Crippen LogP contribution in [0.15, 0.2) is 16.9 Å². The van der Waals surface area contributed by atoms with Gasteiger partial charge in [-0.15, -0.1) is 0 Å². The number of rotatable bonds is 6. The van der Waals surface area contributed by atoms with Crippen LogP contribution in [-0.4, -0.2) is 46.1 Å². The molecule has 3 rings (SSSR count). The molecule has 1 atom stereocenters. The van der Waals surface area contributed by atoms with Crippen molar-refractivity contribution in [3.05, 3.63) is 35.1 Å². The minimum atomic E-state index is 0.211. The van der Waals surface area contributed by atoms with Crippen LogP contribution in [0.5, 0.6) is 0 Å². The lowest BCUT2D eigenvalue weighted by atomic mass is 9.92. The van der Waals surface area contributed by atoms with Gasteiger partial charge in [0.1, 0.15) is 11.6 Å². The van der Waals surface area contributed by atoms with Crippen molar-refractivity contribution in [2.24, 2.45) is 5.92 Å². The molecule has 0 radical (unpaired) electrons. The van der Waals surface area contributed by atoms with Crippen molar-refractivity contribution in [3.8, 4) is 0 Å². The maximum atomic E-state index is 12.7. The first-order chi connectivity index (χ1) is 12.6. The summed E-state index contributed by atoms with van der Waals surface area (Å²) in [5.74, 6) is 2.28. The average Bonchev–Trinajstić information content (AvgIpc) is 2.98. The van der Waals surface area contributed by atoms with E-state index in [2.05, 4.69) is 20.4 Å². The van der Waals surface area contributed by atoms with Gasteiger partial charge in [-0.25, -0.2) is 4.98 Å². The molecule has 1 aliphatic rings. The second kappa shape index (κ2) is 8.29. The molecule has 7 nitrogen and oxygen atoms in total. The van der Waals surface area contributed by atoms with Gasteiger partial charge in [-0.3, -0.25) is 9.78 Å². The number of carbonyl (C=O) groups excluding carboxylic acids is 1. The van der Waals surface area contributed by atoms with E-state index in [9.17, 15) is 4.79 Å². The minimum absolute atomic E-state index is 0.211.